The molecule has 1 aromatic rings. The SMILES string of the molecule is CC.CC.COS(N)(NC(=O)NC1=C2CCC(C(F)F)C2NC2=C1CCC2)c1sc(C(C)(C)O)cc1F. The van der Waals surface area contributed by atoms with Gasteiger partial charge in [0.2, 0.25) is 6.43 Å². The maximum absolute atomic E-state index is 14.7. The number of allylic oxidation sites excluding steroid dienone is 2. The monoisotopic (exact) mass is 566 g/mol. The second kappa shape index (κ2) is 12.9. The number of alkyl halides is 2. The van der Waals surface area contributed by atoms with Crippen LogP contribution in [0.5, 0.6) is 0 Å². The molecule has 0 radical (unpaired) electrons. The summed E-state index contributed by atoms with van der Waals surface area (Å²) in [5, 5.41) is 22.6. The first-order valence-corrected chi connectivity index (χ1v) is 15.2. The highest BCUT2D eigenvalue weighted by atomic mass is 32.3. The Morgan fingerprint density at radius 3 is 2.46 bits per heavy atom. The van der Waals surface area contributed by atoms with Crippen molar-refractivity contribution in [2.24, 2.45) is 11.1 Å². The molecule has 1 fully saturated rings. The van der Waals surface area contributed by atoms with Gasteiger partial charge >= 0.3 is 6.03 Å². The molecule has 12 heteroatoms. The molecule has 1 aromatic heterocycles. The van der Waals surface area contributed by atoms with Gasteiger partial charge in [-0.2, -0.15) is 0 Å². The van der Waals surface area contributed by atoms with Crippen LogP contribution in [-0.4, -0.2) is 30.7 Å². The molecule has 3 atom stereocenters. The summed E-state index contributed by atoms with van der Waals surface area (Å²) < 4.78 is 49.7. The van der Waals surface area contributed by atoms with Crippen LogP contribution >= 0.6 is 22.0 Å². The van der Waals surface area contributed by atoms with Gasteiger partial charge in [0.1, 0.15) is 4.21 Å². The first kappa shape index (κ1) is 31.5. The van der Waals surface area contributed by atoms with Crippen molar-refractivity contribution in [3.05, 3.63) is 39.3 Å². The van der Waals surface area contributed by atoms with Gasteiger partial charge in [-0.05, 0) is 63.2 Å². The van der Waals surface area contributed by atoms with E-state index in [1.165, 1.54) is 27.0 Å². The fourth-order valence-electron chi connectivity index (χ4n) is 4.67. The van der Waals surface area contributed by atoms with Crippen molar-refractivity contribution in [1.82, 2.24) is 15.4 Å². The van der Waals surface area contributed by atoms with Crippen molar-refractivity contribution in [2.45, 2.75) is 95.9 Å². The third-order valence-electron chi connectivity index (χ3n) is 6.32. The van der Waals surface area contributed by atoms with Crippen molar-refractivity contribution in [2.75, 3.05) is 7.11 Å². The predicted molar refractivity (Wildman–Crippen MR) is 144 cm³/mol. The molecule has 2 amide bonds. The van der Waals surface area contributed by atoms with Gasteiger partial charge in [-0.25, -0.2) is 18.0 Å². The van der Waals surface area contributed by atoms with E-state index in [-0.39, 0.29) is 4.21 Å². The minimum absolute atomic E-state index is 0.0162. The molecule has 212 valence electrons. The lowest BCUT2D eigenvalue weighted by molar-refractivity contribution is 0.0701. The number of carbonyl (C=O) groups excluding carboxylic acids is 1. The van der Waals surface area contributed by atoms with Crippen LogP contribution in [0.4, 0.5) is 18.0 Å². The van der Waals surface area contributed by atoms with Gasteiger partial charge < -0.3 is 19.9 Å². The van der Waals surface area contributed by atoms with Gasteiger partial charge in [0.05, 0.1) is 18.8 Å². The number of aliphatic hydroxyl groups is 1. The number of nitrogens with two attached hydrogens (primary N) is 1. The third-order valence-corrected chi connectivity index (χ3v) is 10.3. The zero-order valence-electron chi connectivity index (χ0n) is 22.6. The summed E-state index contributed by atoms with van der Waals surface area (Å²) in [4.78, 5) is 13.4. The topological polar surface area (TPSA) is 109 Å². The molecule has 6 N–H and O–H groups in total. The van der Waals surface area contributed by atoms with E-state index >= 15 is 0 Å². The number of fused-ring (bicyclic) bond motifs is 1. The highest BCUT2D eigenvalue weighted by Crippen LogP contribution is 2.52. The lowest BCUT2D eigenvalue weighted by atomic mass is 9.93. The maximum atomic E-state index is 14.7. The summed E-state index contributed by atoms with van der Waals surface area (Å²) in [6, 6.07) is -0.0404. The fraction of sp³-hybridized carbons (Fsp3) is 0.640. The van der Waals surface area contributed by atoms with Gasteiger partial charge in [-0.3, -0.25) is 9.86 Å². The molecule has 7 nitrogen and oxygen atoms in total. The Kier molecular flexibility index (Phi) is 11.0. The fourth-order valence-corrected chi connectivity index (χ4v) is 7.53. The minimum Gasteiger partial charge on any atom is -0.385 e. The standard InChI is InChI=1S/C21H29F3N4O3S2.2C2H6/c1-21(2,30)15-9-13(22)19(32-15)33(25,31-3)28-20(29)27-16-10-5-4-6-14(10)26-17-11(16)7-8-12(17)18(23)24;2*1-2/h9,12,17-18,26,30H,4-8,25H2,1-3H3,(H2,27,28,29);2*1-2H3. The Morgan fingerprint density at radius 1 is 1.27 bits per heavy atom. The molecule has 1 saturated carbocycles. The Labute approximate surface area is 223 Å². The molecule has 0 bridgehead atoms. The van der Waals surface area contributed by atoms with Crippen LogP contribution in [0.3, 0.4) is 0 Å². The largest absolute Gasteiger partial charge is 0.385 e. The quantitative estimate of drug-likeness (QED) is 0.277. The van der Waals surface area contributed by atoms with Gasteiger partial charge in [0.25, 0.3) is 0 Å². The molecule has 0 spiro atoms. The molecule has 2 aliphatic carbocycles. The van der Waals surface area contributed by atoms with Crippen molar-refractivity contribution in [1.29, 1.82) is 0 Å². The summed E-state index contributed by atoms with van der Waals surface area (Å²) in [6.45, 7) is 11.0. The molecule has 2 heterocycles. The van der Waals surface area contributed by atoms with Crippen LogP contribution < -0.4 is 20.5 Å². The van der Waals surface area contributed by atoms with E-state index in [9.17, 15) is 23.1 Å². The molecule has 4 rings (SSSR count). The molecule has 0 aromatic carbocycles. The lowest BCUT2D eigenvalue weighted by Crippen LogP contribution is -2.45. The Morgan fingerprint density at radius 2 is 1.92 bits per heavy atom. The molecule has 3 aliphatic rings. The van der Waals surface area contributed by atoms with Crippen molar-refractivity contribution < 1.29 is 27.3 Å². The van der Waals surface area contributed by atoms with Crippen molar-refractivity contribution in [3.8, 4) is 0 Å². The van der Waals surface area contributed by atoms with Crippen LogP contribution in [0.2, 0.25) is 0 Å². The van der Waals surface area contributed by atoms with E-state index < -0.39 is 46.5 Å². The summed E-state index contributed by atoms with van der Waals surface area (Å²) in [6.07, 6.45) is 0.675. The van der Waals surface area contributed by atoms with Crippen LogP contribution in [0.1, 0.15) is 78.5 Å². The highest BCUT2D eigenvalue weighted by molar-refractivity contribution is 8.27. The second-order valence-electron chi connectivity index (χ2n) is 9.00. The van der Waals surface area contributed by atoms with Crippen molar-refractivity contribution >= 4 is 28.0 Å². The number of thiophene rings is 1. The van der Waals surface area contributed by atoms with E-state index in [2.05, 4.69) is 15.4 Å². The van der Waals surface area contributed by atoms with Crippen LogP contribution in [0.15, 0.2) is 32.8 Å². The number of rotatable bonds is 6. The van der Waals surface area contributed by atoms with E-state index in [0.717, 1.165) is 47.4 Å². The number of dihydropyridines is 1. The van der Waals surface area contributed by atoms with Gasteiger partial charge in [0, 0.05) is 32.9 Å². The number of halogens is 3. The zero-order valence-corrected chi connectivity index (χ0v) is 24.3. The first-order valence-electron chi connectivity index (χ1n) is 12.7. The number of carbonyl (C=O) groups is 1. The Hall–Kier alpha value is -1.73. The maximum Gasteiger partial charge on any atom is 0.330 e. The van der Waals surface area contributed by atoms with E-state index in [0.29, 0.717) is 23.4 Å². The molecular formula is C25H41F3N4O3S2. The Bertz CT molecular complexity index is 1020. The van der Waals surface area contributed by atoms with E-state index in [1.807, 2.05) is 27.7 Å². The van der Waals surface area contributed by atoms with Crippen LogP contribution in [0.25, 0.3) is 0 Å². The zero-order chi connectivity index (χ0) is 28.1. The highest BCUT2D eigenvalue weighted by Gasteiger charge is 2.43. The lowest BCUT2D eigenvalue weighted by Gasteiger charge is -2.34. The summed E-state index contributed by atoms with van der Waals surface area (Å²) >= 11 is 0.925. The smallest absolute Gasteiger partial charge is 0.330 e. The average molecular weight is 567 g/mol. The molecular weight excluding hydrogens is 525 g/mol. The van der Waals surface area contributed by atoms with Crippen LogP contribution in [-0.2, 0) is 9.78 Å². The number of urea groups is 1. The summed E-state index contributed by atoms with van der Waals surface area (Å²) in [7, 11) is -1.78. The number of hydrogen-bond acceptors (Lipinski definition) is 6. The predicted octanol–water partition coefficient (Wildman–Crippen LogP) is 6.32. The third kappa shape index (κ3) is 6.65. The minimum atomic E-state index is -3.05. The first-order chi connectivity index (χ1) is 17.4. The van der Waals surface area contributed by atoms with Gasteiger partial charge in [-0.1, -0.05) is 27.7 Å². The van der Waals surface area contributed by atoms with Gasteiger partial charge in [0.15, 0.2) is 5.82 Å². The molecule has 37 heavy (non-hydrogen) atoms. The number of nitrogens with one attached hydrogen (secondary N) is 3. The van der Waals surface area contributed by atoms with E-state index in [4.69, 9.17) is 9.32 Å². The second-order valence-corrected chi connectivity index (χ2v) is 12.5. The van der Waals surface area contributed by atoms with Crippen LogP contribution in [0, 0.1) is 11.7 Å². The molecule has 0 saturated heterocycles. The van der Waals surface area contributed by atoms with E-state index in [1.54, 1.807) is 0 Å². The average Bonchev–Trinajstić information content (AvgIpc) is 3.59. The number of hydrogen-bond donors (Lipinski definition) is 5. The summed E-state index contributed by atoms with van der Waals surface area (Å²) in [5.41, 5.74) is 1.86. The summed E-state index contributed by atoms with van der Waals surface area (Å²) in [5.74, 6) is -1.50. The molecule has 3 unspecified atom stereocenters. The van der Waals surface area contributed by atoms with Gasteiger partial charge in [-0.15, -0.1) is 11.3 Å². The number of amides is 2. The normalized spacial score (nSPS) is 23.1. The Balaban J connectivity index is 0.00000115. The molecule has 1 aliphatic heterocycles. The van der Waals surface area contributed by atoms with Crippen molar-refractivity contribution in [3.63, 3.8) is 0 Å².